The van der Waals surface area contributed by atoms with E-state index in [-0.39, 0.29) is 27.8 Å². The van der Waals surface area contributed by atoms with Crippen LogP contribution in [0.15, 0.2) is 121 Å². The maximum atomic E-state index is 2.75. The highest BCUT2D eigenvalue weighted by Crippen LogP contribution is 2.60. The zero-order valence-corrected chi connectivity index (χ0v) is 37.9. The van der Waals surface area contributed by atoms with E-state index in [4.69, 9.17) is 0 Å². The van der Waals surface area contributed by atoms with E-state index in [9.17, 15) is 0 Å². The van der Waals surface area contributed by atoms with Gasteiger partial charge in [-0.05, 0) is 187 Å². The van der Waals surface area contributed by atoms with Gasteiger partial charge < -0.3 is 9.80 Å². The Morgan fingerprint density at radius 1 is 0.548 bits per heavy atom. The summed E-state index contributed by atoms with van der Waals surface area (Å²) in [4.78, 5) is 5.48. The summed E-state index contributed by atoms with van der Waals surface area (Å²) in [6, 6.07) is 43.3. The molecule has 62 heavy (non-hydrogen) atoms. The molecule has 0 N–H and O–H groups in total. The molecule has 4 aliphatic carbocycles. The molecule has 6 aromatic rings. The first-order valence-corrected chi connectivity index (χ1v) is 23.9. The molecule has 0 amide bonds. The SMILES string of the molecule is Cc1ccc(N2c3ccc(-c4ccc5c6c7c(ccc46)C=CC(c4ccc6c(c4)CC4(C)CCCCC4(C)N6c4ccc(C)cc4)C7=CC5)cc3CC3(C)CCCCC23C)cc1. The Hall–Kier alpha value is -5.34. The summed E-state index contributed by atoms with van der Waals surface area (Å²) in [5.41, 5.74) is 21.6. The molecule has 12 rings (SSSR count). The van der Waals surface area contributed by atoms with Crippen molar-refractivity contribution in [1.82, 2.24) is 0 Å². The van der Waals surface area contributed by atoms with Gasteiger partial charge in [0.25, 0.3) is 0 Å². The van der Waals surface area contributed by atoms with Gasteiger partial charge in [0.15, 0.2) is 0 Å². The lowest BCUT2D eigenvalue weighted by Gasteiger charge is -2.60. The Kier molecular flexibility index (Phi) is 8.40. The highest BCUT2D eigenvalue weighted by atomic mass is 15.2. The summed E-state index contributed by atoms with van der Waals surface area (Å²) in [6.07, 6.45) is 21.0. The van der Waals surface area contributed by atoms with Gasteiger partial charge >= 0.3 is 0 Å². The van der Waals surface area contributed by atoms with Crippen LogP contribution in [0.5, 0.6) is 0 Å². The standard InChI is InChI=1S/C60H62N2/c1-39-11-21-47(22-12-39)61-53-29-19-43(35-45(53)37-57(3)31-7-9-33-59(57,61)5)49-25-15-41-18-28-52-50(26-16-42-17-27-51(49)55(41)56(42)52)44-20-30-54-46(36-44)38-58(4)32-8-10-34-60(58,6)62(54)48-23-13-40(2)14-24-48/h11-17,19-30,35-36,50H,7-10,18,31-34,37-38H2,1-6H3. The van der Waals surface area contributed by atoms with Gasteiger partial charge in [0.2, 0.25) is 0 Å². The van der Waals surface area contributed by atoms with Crippen LogP contribution in [0.1, 0.15) is 129 Å². The van der Waals surface area contributed by atoms with Crippen molar-refractivity contribution in [2.24, 2.45) is 10.8 Å². The Balaban J connectivity index is 0.941. The van der Waals surface area contributed by atoms with Gasteiger partial charge in [-0.3, -0.25) is 0 Å². The molecule has 0 saturated heterocycles. The van der Waals surface area contributed by atoms with Crippen LogP contribution < -0.4 is 9.80 Å². The monoisotopic (exact) mass is 810 g/mol. The van der Waals surface area contributed by atoms with E-state index in [0.717, 1.165) is 19.3 Å². The third-order valence-electron chi connectivity index (χ3n) is 17.9. The minimum atomic E-state index is 0.0825. The Morgan fingerprint density at radius 2 is 1.13 bits per heavy atom. The fraction of sp³-hybridized carbons (Fsp3) is 0.367. The minimum Gasteiger partial charge on any atom is -0.335 e. The second-order valence-corrected chi connectivity index (χ2v) is 21.4. The average molecular weight is 811 g/mol. The zero-order valence-electron chi connectivity index (χ0n) is 37.9. The molecule has 2 aliphatic heterocycles. The van der Waals surface area contributed by atoms with E-state index in [0.29, 0.717) is 0 Å². The van der Waals surface area contributed by atoms with Gasteiger partial charge in [-0.1, -0.05) is 136 Å². The van der Waals surface area contributed by atoms with Crippen LogP contribution in [0.25, 0.3) is 33.5 Å². The van der Waals surface area contributed by atoms with Crippen molar-refractivity contribution in [1.29, 1.82) is 0 Å². The van der Waals surface area contributed by atoms with Crippen LogP contribution >= 0.6 is 0 Å². The maximum absolute atomic E-state index is 2.75. The summed E-state index contributed by atoms with van der Waals surface area (Å²) in [6.45, 7) is 14.7. The van der Waals surface area contributed by atoms with Crippen molar-refractivity contribution in [2.45, 2.75) is 129 Å². The molecule has 2 heteroatoms. The molecule has 0 radical (unpaired) electrons. The number of aryl methyl sites for hydroxylation is 2. The third-order valence-corrected chi connectivity index (χ3v) is 17.9. The molecule has 6 aliphatic rings. The lowest BCUT2D eigenvalue weighted by atomic mass is 9.57. The van der Waals surface area contributed by atoms with E-state index in [1.54, 1.807) is 0 Å². The molecule has 2 nitrogen and oxygen atoms in total. The normalized spacial score (nSPS) is 28.2. The molecule has 0 spiro atoms. The fourth-order valence-electron chi connectivity index (χ4n) is 13.9. The number of anilines is 4. The maximum Gasteiger partial charge on any atom is 0.0480 e. The molecule has 5 atom stereocenters. The highest BCUT2D eigenvalue weighted by molar-refractivity contribution is 6.09. The van der Waals surface area contributed by atoms with Gasteiger partial charge in [0.05, 0.1) is 0 Å². The zero-order chi connectivity index (χ0) is 42.2. The molecule has 2 heterocycles. The number of hydrogen-bond acceptors (Lipinski definition) is 2. The van der Waals surface area contributed by atoms with Gasteiger partial charge in [0.1, 0.15) is 0 Å². The lowest BCUT2D eigenvalue weighted by molar-refractivity contribution is 0.0862. The summed E-state index contributed by atoms with van der Waals surface area (Å²) < 4.78 is 0. The van der Waals surface area contributed by atoms with E-state index >= 15 is 0 Å². The topological polar surface area (TPSA) is 6.48 Å². The average Bonchev–Trinajstić information content (AvgIpc) is 3.27. The summed E-state index contributed by atoms with van der Waals surface area (Å²) in [7, 11) is 0. The summed E-state index contributed by atoms with van der Waals surface area (Å²) >= 11 is 0. The molecule has 2 fully saturated rings. The number of rotatable bonds is 4. The van der Waals surface area contributed by atoms with E-state index in [2.05, 4.69) is 179 Å². The summed E-state index contributed by atoms with van der Waals surface area (Å²) in [5.74, 6) is 0.234. The van der Waals surface area contributed by atoms with Crippen molar-refractivity contribution < 1.29 is 0 Å². The first kappa shape index (κ1) is 38.3. The van der Waals surface area contributed by atoms with E-state index < -0.39 is 0 Å². The van der Waals surface area contributed by atoms with Crippen molar-refractivity contribution in [2.75, 3.05) is 9.80 Å². The van der Waals surface area contributed by atoms with Crippen LogP contribution in [0.4, 0.5) is 22.7 Å². The van der Waals surface area contributed by atoms with Gasteiger partial charge in [-0.15, -0.1) is 0 Å². The molecule has 0 aromatic heterocycles. The Morgan fingerprint density at radius 3 is 1.76 bits per heavy atom. The number of allylic oxidation sites excluding steroid dienone is 3. The Bertz CT molecular complexity index is 2880. The van der Waals surface area contributed by atoms with Crippen molar-refractivity contribution in [3.8, 4) is 11.1 Å². The highest BCUT2D eigenvalue weighted by Gasteiger charge is 2.55. The minimum absolute atomic E-state index is 0.0825. The largest absolute Gasteiger partial charge is 0.335 e. The van der Waals surface area contributed by atoms with Crippen LogP contribution in [0, 0.1) is 24.7 Å². The lowest BCUT2D eigenvalue weighted by Crippen LogP contribution is -2.60. The molecular weight excluding hydrogens is 749 g/mol. The van der Waals surface area contributed by atoms with Crippen LogP contribution in [0.2, 0.25) is 0 Å². The van der Waals surface area contributed by atoms with Crippen LogP contribution in [-0.4, -0.2) is 11.1 Å². The second kappa shape index (κ2) is 13.6. The van der Waals surface area contributed by atoms with Crippen molar-refractivity contribution >= 4 is 45.2 Å². The number of hydrogen-bond donors (Lipinski definition) is 0. The molecule has 2 saturated carbocycles. The molecule has 0 bridgehead atoms. The molecular formula is C60H62N2. The van der Waals surface area contributed by atoms with Crippen LogP contribution in [0.3, 0.4) is 0 Å². The van der Waals surface area contributed by atoms with Crippen molar-refractivity contribution in [3.05, 3.63) is 166 Å². The predicted molar refractivity (Wildman–Crippen MR) is 263 cm³/mol. The van der Waals surface area contributed by atoms with Gasteiger partial charge in [0, 0.05) is 39.7 Å². The molecule has 6 aromatic carbocycles. The first-order chi connectivity index (χ1) is 30.0. The smallest absolute Gasteiger partial charge is 0.0480 e. The number of fused-ring (bicyclic) bond motifs is 4. The van der Waals surface area contributed by atoms with Crippen LogP contribution in [-0.2, 0) is 19.3 Å². The predicted octanol–water partition coefficient (Wildman–Crippen LogP) is 15.9. The van der Waals surface area contributed by atoms with Crippen molar-refractivity contribution in [3.63, 3.8) is 0 Å². The summed E-state index contributed by atoms with van der Waals surface area (Å²) in [5, 5.41) is 2.86. The fourth-order valence-corrected chi connectivity index (χ4v) is 13.9. The Labute approximate surface area is 370 Å². The first-order valence-electron chi connectivity index (χ1n) is 23.9. The van der Waals surface area contributed by atoms with Gasteiger partial charge in [-0.25, -0.2) is 0 Å². The number of nitrogens with zero attached hydrogens (tertiary/aromatic N) is 2. The molecule has 312 valence electrons. The van der Waals surface area contributed by atoms with E-state index in [1.807, 2.05) is 0 Å². The molecule has 5 unspecified atom stereocenters. The quantitative estimate of drug-likeness (QED) is 0.175. The van der Waals surface area contributed by atoms with Gasteiger partial charge in [-0.2, -0.15) is 0 Å². The third kappa shape index (κ3) is 5.40. The second-order valence-electron chi connectivity index (χ2n) is 21.4. The van der Waals surface area contributed by atoms with E-state index in [1.165, 1.54) is 146 Å². The number of benzene rings is 6.